The van der Waals surface area contributed by atoms with Gasteiger partial charge < -0.3 is 19.7 Å². The molecule has 0 saturated carbocycles. The van der Waals surface area contributed by atoms with Crippen LogP contribution in [0.1, 0.15) is 11.1 Å². The zero-order valence-electron chi connectivity index (χ0n) is 21.2. The molecule has 4 aromatic carbocycles. The van der Waals surface area contributed by atoms with Crippen LogP contribution in [0, 0.1) is 0 Å². The predicted molar refractivity (Wildman–Crippen MR) is 150 cm³/mol. The molecule has 0 unspecified atom stereocenters. The average Bonchev–Trinajstić information content (AvgIpc) is 2.88. The topological polar surface area (TPSA) is 138 Å². The van der Waals surface area contributed by atoms with E-state index in [1.807, 2.05) is 72.8 Å². The number of benzene rings is 4. The van der Waals surface area contributed by atoms with E-state index in [1.54, 1.807) is 38.4 Å². The zero-order valence-corrected chi connectivity index (χ0v) is 24.4. The monoisotopic (exact) mass is 658 g/mol. The number of nitrogens with one attached hydrogen (secondary N) is 2. The van der Waals surface area contributed by atoms with Crippen LogP contribution in [-0.4, -0.2) is 40.0 Å². The number of para-hydroxylation sites is 2. The molecule has 0 bridgehead atoms. The van der Waals surface area contributed by atoms with E-state index in [0.717, 1.165) is 33.6 Å². The van der Waals surface area contributed by atoms with Crippen molar-refractivity contribution in [3.63, 3.8) is 0 Å². The molecule has 0 aliphatic carbocycles. The molecule has 0 amide bonds. The third kappa shape index (κ3) is 9.58. The van der Waals surface area contributed by atoms with Crippen LogP contribution in [0.5, 0.6) is 0 Å². The normalized spacial score (nSPS) is 11.0. The number of rotatable bonds is 8. The van der Waals surface area contributed by atoms with Crippen LogP contribution in [0.2, 0.25) is 0 Å². The fourth-order valence-corrected chi connectivity index (χ4v) is 5.34. The summed E-state index contributed by atoms with van der Waals surface area (Å²) in [4.78, 5) is 0. The molecule has 0 aliphatic heterocycles. The van der Waals surface area contributed by atoms with E-state index in [-0.39, 0.29) is 20.4 Å². The van der Waals surface area contributed by atoms with Crippen LogP contribution in [-0.2, 0) is 52.2 Å². The maximum absolute atomic E-state index is 11.0. The van der Waals surface area contributed by atoms with Crippen molar-refractivity contribution in [2.45, 2.75) is 11.5 Å². The molecule has 11 heteroatoms. The van der Waals surface area contributed by atoms with Gasteiger partial charge in [0.2, 0.25) is 0 Å². The zero-order chi connectivity index (χ0) is 27.8. The summed E-state index contributed by atoms with van der Waals surface area (Å²) in [5.74, 6) is -0.998. The Bertz CT molecular complexity index is 1490. The SMILES string of the molecule is CNc1ccccc1-c1ccccc1CS(=O)(=O)[O-].CNc1ccccc1-c1ccccc1CS(=O)(=O)[O-].[Pd+2]. The average molecular weight is 659 g/mol. The second kappa shape index (κ2) is 14.4. The van der Waals surface area contributed by atoms with Crippen molar-refractivity contribution in [3.8, 4) is 22.3 Å². The van der Waals surface area contributed by atoms with Gasteiger partial charge in [-0.25, -0.2) is 16.8 Å². The predicted octanol–water partition coefficient (Wildman–Crippen LogP) is 4.88. The van der Waals surface area contributed by atoms with Crippen LogP contribution >= 0.6 is 0 Å². The molecule has 0 saturated heterocycles. The molecule has 4 rings (SSSR count). The van der Waals surface area contributed by atoms with Gasteiger partial charge in [-0.3, -0.25) is 0 Å². The molecule has 0 radical (unpaired) electrons. The molecule has 2 N–H and O–H groups in total. The summed E-state index contributed by atoms with van der Waals surface area (Å²) in [6.07, 6.45) is 0. The molecule has 8 nitrogen and oxygen atoms in total. The number of hydrogen-bond acceptors (Lipinski definition) is 8. The first-order valence-corrected chi connectivity index (χ1v) is 14.7. The molecule has 0 spiro atoms. The third-order valence-corrected chi connectivity index (χ3v) is 7.00. The van der Waals surface area contributed by atoms with Crippen molar-refractivity contribution < 1.29 is 46.4 Å². The van der Waals surface area contributed by atoms with E-state index in [9.17, 15) is 25.9 Å². The fraction of sp³-hybridized carbons (Fsp3) is 0.143. The largest absolute Gasteiger partial charge is 2.00 e. The summed E-state index contributed by atoms with van der Waals surface area (Å²) in [6, 6.07) is 29.2. The smallest absolute Gasteiger partial charge is 0.748 e. The Hall–Kier alpha value is -3.04. The summed E-state index contributed by atoms with van der Waals surface area (Å²) < 4.78 is 65.8. The number of anilines is 2. The van der Waals surface area contributed by atoms with Gasteiger partial charge in [-0.05, 0) is 34.4 Å². The van der Waals surface area contributed by atoms with Crippen LogP contribution in [0.4, 0.5) is 11.4 Å². The first kappa shape index (κ1) is 32.2. The van der Waals surface area contributed by atoms with Crippen molar-refractivity contribution in [1.82, 2.24) is 0 Å². The Morgan fingerprint density at radius 1 is 0.513 bits per heavy atom. The van der Waals surface area contributed by atoms with Gasteiger partial charge in [-0.1, -0.05) is 84.9 Å². The van der Waals surface area contributed by atoms with E-state index in [2.05, 4.69) is 10.6 Å². The van der Waals surface area contributed by atoms with Gasteiger partial charge in [-0.15, -0.1) is 0 Å². The van der Waals surface area contributed by atoms with Crippen LogP contribution in [0.25, 0.3) is 22.3 Å². The summed E-state index contributed by atoms with van der Waals surface area (Å²) >= 11 is 0. The van der Waals surface area contributed by atoms with Crippen molar-refractivity contribution in [1.29, 1.82) is 0 Å². The first-order chi connectivity index (χ1) is 18.0. The van der Waals surface area contributed by atoms with Crippen molar-refractivity contribution in [2.24, 2.45) is 0 Å². The second-order valence-corrected chi connectivity index (χ2v) is 11.1. The summed E-state index contributed by atoms with van der Waals surface area (Å²) in [5, 5.41) is 6.11. The molecular weight excluding hydrogens is 631 g/mol. The Kier molecular flexibility index (Phi) is 11.9. The van der Waals surface area contributed by atoms with Crippen LogP contribution in [0.15, 0.2) is 97.1 Å². The Balaban J connectivity index is 0.000000267. The molecule has 0 fully saturated rings. The van der Waals surface area contributed by atoms with Gasteiger partial charge in [0.25, 0.3) is 0 Å². The van der Waals surface area contributed by atoms with Gasteiger partial charge >= 0.3 is 20.4 Å². The molecule has 0 heterocycles. The fourth-order valence-electron chi connectivity index (χ4n) is 4.07. The molecular formula is C28H28N2O6PdS2. The van der Waals surface area contributed by atoms with Crippen molar-refractivity contribution in [3.05, 3.63) is 108 Å². The van der Waals surface area contributed by atoms with Crippen molar-refractivity contribution >= 4 is 31.6 Å². The molecule has 0 atom stereocenters. The van der Waals surface area contributed by atoms with Gasteiger partial charge in [0, 0.05) is 36.6 Å². The Labute approximate surface area is 243 Å². The number of hydrogen-bond donors (Lipinski definition) is 2. The minimum Gasteiger partial charge on any atom is -0.748 e. The Morgan fingerprint density at radius 2 is 0.795 bits per heavy atom. The van der Waals surface area contributed by atoms with Gasteiger partial charge in [0.05, 0.1) is 31.7 Å². The molecule has 0 aliphatic rings. The van der Waals surface area contributed by atoms with E-state index in [0.29, 0.717) is 11.1 Å². The first-order valence-electron chi connectivity index (χ1n) is 11.6. The summed E-state index contributed by atoms with van der Waals surface area (Å²) in [7, 11) is -5.00. The molecule has 39 heavy (non-hydrogen) atoms. The molecule has 4 aromatic rings. The third-order valence-electron chi connectivity index (χ3n) is 5.67. The van der Waals surface area contributed by atoms with Gasteiger partial charge in [0.15, 0.2) is 0 Å². The summed E-state index contributed by atoms with van der Waals surface area (Å²) in [5.41, 5.74) is 6.07. The van der Waals surface area contributed by atoms with Gasteiger partial charge in [-0.2, -0.15) is 0 Å². The maximum Gasteiger partial charge on any atom is 2.00 e. The minimum atomic E-state index is -4.30. The van der Waals surface area contributed by atoms with E-state index < -0.39 is 31.7 Å². The second-order valence-electron chi connectivity index (χ2n) is 8.31. The van der Waals surface area contributed by atoms with E-state index in [1.165, 1.54) is 0 Å². The standard InChI is InChI=1S/2C14H15NO3S.Pd/c2*1-15-14-9-5-4-8-13(14)12-7-3-2-6-11(12)10-19(16,17)18;/h2*2-9,15H,10H2,1H3,(H,16,17,18);/q;;+2/p-2. The Morgan fingerprint density at radius 3 is 1.10 bits per heavy atom. The molecule has 208 valence electrons. The maximum atomic E-state index is 11.0. The minimum absolute atomic E-state index is 0. The van der Waals surface area contributed by atoms with E-state index >= 15 is 0 Å². The van der Waals surface area contributed by atoms with E-state index in [4.69, 9.17) is 0 Å². The van der Waals surface area contributed by atoms with Gasteiger partial charge in [0.1, 0.15) is 0 Å². The molecule has 0 aromatic heterocycles. The van der Waals surface area contributed by atoms with Crippen molar-refractivity contribution in [2.75, 3.05) is 24.7 Å². The summed E-state index contributed by atoms with van der Waals surface area (Å²) in [6.45, 7) is 0. The van der Waals surface area contributed by atoms with Crippen LogP contribution < -0.4 is 10.6 Å². The van der Waals surface area contributed by atoms with Crippen LogP contribution in [0.3, 0.4) is 0 Å². The quantitative estimate of drug-likeness (QED) is 0.202.